The molecule has 146 valence electrons. The van der Waals surface area contributed by atoms with E-state index in [0.717, 1.165) is 3.57 Å². The number of hydrogen-bond acceptors (Lipinski definition) is 4. The Kier molecular flexibility index (Phi) is 7.71. The predicted octanol–water partition coefficient (Wildman–Crippen LogP) is 4.54. The zero-order valence-electron chi connectivity index (χ0n) is 14.0. The zero-order chi connectivity index (χ0) is 20.1. The number of aliphatic hydroxyl groups is 1. The third kappa shape index (κ3) is 5.47. The molecule has 0 fully saturated rings. The molecule has 0 bridgehead atoms. The maximum Gasteiger partial charge on any atom is 0.277 e. The monoisotopic (exact) mass is 514 g/mol. The van der Waals surface area contributed by atoms with Crippen molar-refractivity contribution in [3.05, 3.63) is 55.9 Å². The molecule has 0 radical (unpaired) electrons. The van der Waals surface area contributed by atoms with Gasteiger partial charge in [0.1, 0.15) is 0 Å². The molecule has 2 rings (SSSR count). The van der Waals surface area contributed by atoms with E-state index >= 15 is 0 Å². The summed E-state index contributed by atoms with van der Waals surface area (Å²) < 4.78 is 42.5. The minimum absolute atomic E-state index is 0.172. The molecule has 5 nitrogen and oxygen atoms in total. The van der Waals surface area contributed by atoms with Gasteiger partial charge >= 0.3 is 0 Å². The van der Waals surface area contributed by atoms with Crippen molar-refractivity contribution in [1.82, 2.24) is 5.48 Å². The number of hydrogen-bond donors (Lipinski definition) is 3. The van der Waals surface area contributed by atoms with E-state index in [0.29, 0.717) is 6.07 Å². The van der Waals surface area contributed by atoms with Gasteiger partial charge in [-0.1, -0.05) is 11.6 Å². The van der Waals surface area contributed by atoms with Crippen LogP contribution in [0.25, 0.3) is 0 Å². The summed E-state index contributed by atoms with van der Waals surface area (Å²) in [5, 5.41) is 11.5. The highest BCUT2D eigenvalue weighted by atomic mass is 127. The van der Waals surface area contributed by atoms with Crippen LogP contribution in [0, 0.1) is 21.0 Å². The first-order valence-corrected chi connectivity index (χ1v) is 9.16. The first-order chi connectivity index (χ1) is 12.7. The molecule has 2 aromatic carbocycles. The largest absolute Gasteiger partial charge is 0.396 e. The number of benzene rings is 2. The van der Waals surface area contributed by atoms with Crippen molar-refractivity contribution in [1.29, 1.82) is 0 Å². The van der Waals surface area contributed by atoms with Gasteiger partial charge in [-0.25, -0.2) is 18.7 Å². The average Bonchev–Trinajstić information content (AvgIpc) is 2.62. The highest BCUT2D eigenvalue weighted by Crippen LogP contribution is 2.32. The van der Waals surface area contributed by atoms with Crippen LogP contribution < -0.4 is 10.8 Å². The molecule has 0 heterocycles. The van der Waals surface area contributed by atoms with Crippen LogP contribution in [0.3, 0.4) is 0 Å². The molecule has 3 N–H and O–H groups in total. The van der Waals surface area contributed by atoms with Crippen molar-refractivity contribution < 1.29 is 27.9 Å². The number of rotatable bonds is 7. The topological polar surface area (TPSA) is 70.6 Å². The van der Waals surface area contributed by atoms with Crippen LogP contribution in [0.4, 0.5) is 24.5 Å². The van der Waals surface area contributed by atoms with Gasteiger partial charge in [-0.15, -0.1) is 0 Å². The zero-order valence-corrected chi connectivity index (χ0v) is 16.9. The van der Waals surface area contributed by atoms with Gasteiger partial charge in [0.15, 0.2) is 17.5 Å². The van der Waals surface area contributed by atoms with Gasteiger partial charge in [-0.3, -0.25) is 9.63 Å². The second kappa shape index (κ2) is 9.58. The van der Waals surface area contributed by atoms with Crippen LogP contribution in [0.5, 0.6) is 0 Å². The molecule has 0 aliphatic carbocycles. The Bertz CT molecular complexity index is 855. The number of carbonyl (C=O) groups is 1. The second-order valence-electron chi connectivity index (χ2n) is 5.53. The summed E-state index contributed by atoms with van der Waals surface area (Å²) in [6.45, 7) is 1.40. The number of halogens is 5. The summed E-state index contributed by atoms with van der Waals surface area (Å²) in [4.78, 5) is 17.3. The van der Waals surface area contributed by atoms with Crippen molar-refractivity contribution >= 4 is 51.5 Å². The van der Waals surface area contributed by atoms with E-state index in [1.54, 1.807) is 19.1 Å². The Balaban J connectivity index is 2.37. The maximum absolute atomic E-state index is 14.3. The fourth-order valence-corrected chi connectivity index (χ4v) is 2.97. The molecular weight excluding hydrogens is 500 g/mol. The second-order valence-corrected chi connectivity index (χ2v) is 7.18. The summed E-state index contributed by atoms with van der Waals surface area (Å²) >= 11 is 8.08. The van der Waals surface area contributed by atoms with Crippen LogP contribution in [0.2, 0.25) is 5.02 Å². The van der Waals surface area contributed by atoms with Crippen LogP contribution in [-0.4, -0.2) is 23.7 Å². The SMILES string of the molecule is CC(CCO)ONC(=O)c1cc(F)c(F)c(F)c1Nc1ccc(I)cc1Cl. The Labute approximate surface area is 171 Å². The Hall–Kier alpha value is -1.56. The molecule has 0 aliphatic heterocycles. The van der Waals surface area contributed by atoms with E-state index in [1.165, 1.54) is 6.07 Å². The van der Waals surface area contributed by atoms with Crippen molar-refractivity contribution in [3.8, 4) is 0 Å². The number of carbonyl (C=O) groups excluding carboxylic acids is 1. The van der Waals surface area contributed by atoms with E-state index in [-0.39, 0.29) is 23.7 Å². The van der Waals surface area contributed by atoms with Crippen LogP contribution in [0.1, 0.15) is 23.7 Å². The lowest BCUT2D eigenvalue weighted by molar-refractivity contribution is -0.0168. The minimum Gasteiger partial charge on any atom is -0.396 e. The summed E-state index contributed by atoms with van der Waals surface area (Å²) in [6.07, 6.45) is -0.313. The Morgan fingerprint density at radius 1 is 1.30 bits per heavy atom. The van der Waals surface area contributed by atoms with Crippen molar-refractivity contribution in [2.45, 2.75) is 19.4 Å². The molecular formula is C17H15ClF3IN2O3. The lowest BCUT2D eigenvalue weighted by Gasteiger charge is -2.16. The lowest BCUT2D eigenvalue weighted by Crippen LogP contribution is -2.29. The number of aliphatic hydroxyl groups excluding tert-OH is 1. The average molecular weight is 515 g/mol. The molecule has 1 amide bonds. The smallest absolute Gasteiger partial charge is 0.277 e. The summed E-state index contributed by atoms with van der Waals surface area (Å²) in [7, 11) is 0. The summed E-state index contributed by atoms with van der Waals surface area (Å²) in [6, 6.07) is 5.29. The Morgan fingerprint density at radius 3 is 2.63 bits per heavy atom. The molecule has 1 atom stereocenters. The maximum atomic E-state index is 14.3. The quantitative estimate of drug-likeness (QED) is 0.288. The van der Waals surface area contributed by atoms with Crippen molar-refractivity contribution in [2.24, 2.45) is 0 Å². The fraction of sp³-hybridized carbons (Fsp3) is 0.235. The summed E-state index contributed by atoms with van der Waals surface area (Å²) in [5.74, 6) is -5.83. The molecule has 27 heavy (non-hydrogen) atoms. The first-order valence-electron chi connectivity index (χ1n) is 7.71. The number of anilines is 2. The standard InChI is InChI=1S/C17H15ClF3IN2O3/c1-8(4-5-25)27-24-17(26)10-7-12(19)14(20)15(21)16(10)23-13-3-2-9(22)6-11(13)18/h2-3,6-8,23,25H,4-5H2,1H3,(H,24,26). The predicted molar refractivity (Wildman–Crippen MR) is 103 cm³/mol. The van der Waals surface area contributed by atoms with E-state index in [1.807, 2.05) is 28.1 Å². The third-order valence-electron chi connectivity index (χ3n) is 3.49. The third-order valence-corrected chi connectivity index (χ3v) is 4.47. The molecule has 0 aliphatic rings. The highest BCUT2D eigenvalue weighted by molar-refractivity contribution is 14.1. The van der Waals surface area contributed by atoms with Gasteiger partial charge in [0.25, 0.3) is 5.91 Å². The summed E-state index contributed by atoms with van der Waals surface area (Å²) in [5.41, 5.74) is 1.12. The van der Waals surface area contributed by atoms with Crippen LogP contribution in [-0.2, 0) is 4.84 Å². The van der Waals surface area contributed by atoms with Gasteiger partial charge in [0.05, 0.1) is 28.1 Å². The molecule has 0 saturated heterocycles. The van der Waals surface area contributed by atoms with Gasteiger partial charge in [-0.2, -0.15) is 0 Å². The van der Waals surface area contributed by atoms with Gasteiger partial charge in [0, 0.05) is 10.2 Å². The van der Waals surface area contributed by atoms with E-state index < -0.39 is 40.7 Å². The van der Waals surface area contributed by atoms with Gasteiger partial charge in [0.2, 0.25) is 0 Å². The van der Waals surface area contributed by atoms with Gasteiger partial charge in [-0.05, 0) is 60.2 Å². The van der Waals surface area contributed by atoms with Crippen molar-refractivity contribution in [3.63, 3.8) is 0 Å². The molecule has 0 saturated carbocycles. The van der Waals surface area contributed by atoms with Crippen LogP contribution in [0.15, 0.2) is 24.3 Å². The minimum atomic E-state index is -1.73. The number of hydroxylamine groups is 1. The van der Waals surface area contributed by atoms with Gasteiger partial charge < -0.3 is 10.4 Å². The highest BCUT2D eigenvalue weighted by Gasteiger charge is 2.24. The molecule has 2 aromatic rings. The molecule has 0 aromatic heterocycles. The fourth-order valence-electron chi connectivity index (χ4n) is 2.07. The van der Waals surface area contributed by atoms with E-state index in [4.69, 9.17) is 21.5 Å². The lowest BCUT2D eigenvalue weighted by atomic mass is 10.1. The van der Waals surface area contributed by atoms with E-state index in [9.17, 15) is 18.0 Å². The first kappa shape index (κ1) is 21.7. The normalized spacial score (nSPS) is 12.0. The van der Waals surface area contributed by atoms with E-state index in [2.05, 4.69) is 5.32 Å². The molecule has 0 spiro atoms. The number of nitrogens with one attached hydrogen (secondary N) is 2. The van der Waals surface area contributed by atoms with Crippen LogP contribution >= 0.6 is 34.2 Å². The number of amides is 1. The Morgan fingerprint density at radius 2 is 2.00 bits per heavy atom. The molecule has 10 heteroatoms. The molecule has 1 unspecified atom stereocenters. The van der Waals surface area contributed by atoms with Crippen molar-refractivity contribution in [2.75, 3.05) is 11.9 Å².